The summed E-state index contributed by atoms with van der Waals surface area (Å²) >= 11 is 11.7. The Labute approximate surface area is 147 Å². The van der Waals surface area contributed by atoms with E-state index >= 15 is 0 Å². The van der Waals surface area contributed by atoms with Gasteiger partial charge in [-0.25, -0.2) is 4.79 Å². The maximum atomic E-state index is 12.2. The van der Waals surface area contributed by atoms with Crippen LogP contribution in [0.15, 0.2) is 48.0 Å². The summed E-state index contributed by atoms with van der Waals surface area (Å²) in [6.07, 6.45) is 1.35. The normalized spacial score (nSPS) is 10.8. The molecule has 0 aliphatic heterocycles. The van der Waals surface area contributed by atoms with Crippen LogP contribution in [-0.2, 0) is 4.79 Å². The van der Waals surface area contributed by atoms with Gasteiger partial charge in [0.1, 0.15) is 11.6 Å². The number of carbonyl (C=O) groups is 2. The number of amides is 1. The fourth-order valence-electron chi connectivity index (χ4n) is 1.86. The standard InChI is InChI=1S/C17H10Cl2N2O3/c18-13-6-14(19)8-15(7-13)21-16(22)12(9-20)5-10-1-3-11(4-2-10)17(23)24/h1-8H,(H,21,22)(H,23,24)/b12-5+. The van der Waals surface area contributed by atoms with Gasteiger partial charge in [-0.3, -0.25) is 4.79 Å². The highest BCUT2D eigenvalue weighted by atomic mass is 35.5. The summed E-state index contributed by atoms with van der Waals surface area (Å²) in [6.45, 7) is 0. The molecule has 0 fully saturated rings. The minimum absolute atomic E-state index is 0.115. The van der Waals surface area contributed by atoms with Crippen LogP contribution >= 0.6 is 23.2 Å². The Hall–Kier alpha value is -2.81. The van der Waals surface area contributed by atoms with Gasteiger partial charge in [-0.05, 0) is 42.0 Å². The molecule has 2 rings (SSSR count). The highest BCUT2D eigenvalue weighted by Gasteiger charge is 2.11. The molecule has 0 atom stereocenters. The van der Waals surface area contributed by atoms with Gasteiger partial charge in [0.05, 0.1) is 5.56 Å². The number of benzene rings is 2. The number of rotatable bonds is 4. The summed E-state index contributed by atoms with van der Waals surface area (Å²) in [4.78, 5) is 23.0. The van der Waals surface area contributed by atoms with Gasteiger partial charge >= 0.3 is 5.97 Å². The molecule has 0 unspecified atom stereocenters. The van der Waals surface area contributed by atoms with Crippen molar-refractivity contribution in [2.45, 2.75) is 0 Å². The van der Waals surface area contributed by atoms with Crippen molar-refractivity contribution in [3.8, 4) is 6.07 Å². The Morgan fingerprint density at radius 2 is 1.67 bits per heavy atom. The smallest absolute Gasteiger partial charge is 0.335 e. The van der Waals surface area contributed by atoms with Crippen LogP contribution in [0.3, 0.4) is 0 Å². The number of nitriles is 1. The Morgan fingerprint density at radius 1 is 1.08 bits per heavy atom. The van der Waals surface area contributed by atoms with Gasteiger partial charge < -0.3 is 10.4 Å². The van der Waals surface area contributed by atoms with Crippen LogP contribution in [0, 0.1) is 11.3 Å². The highest BCUT2D eigenvalue weighted by Crippen LogP contribution is 2.23. The molecule has 0 radical (unpaired) electrons. The van der Waals surface area contributed by atoms with Gasteiger partial charge in [0.25, 0.3) is 5.91 Å². The number of nitrogens with zero attached hydrogens (tertiary/aromatic N) is 1. The van der Waals surface area contributed by atoms with E-state index in [2.05, 4.69) is 5.32 Å². The van der Waals surface area contributed by atoms with Gasteiger partial charge in [-0.15, -0.1) is 0 Å². The van der Waals surface area contributed by atoms with Crippen molar-refractivity contribution in [1.29, 1.82) is 5.26 Å². The van der Waals surface area contributed by atoms with E-state index in [1.165, 1.54) is 48.5 Å². The molecule has 0 heterocycles. The summed E-state index contributed by atoms with van der Waals surface area (Å²) in [7, 11) is 0. The molecule has 2 N–H and O–H groups in total. The molecule has 120 valence electrons. The second kappa shape index (κ2) is 7.64. The lowest BCUT2D eigenvalue weighted by Crippen LogP contribution is -2.13. The molecule has 5 nitrogen and oxygen atoms in total. The lowest BCUT2D eigenvalue weighted by atomic mass is 10.1. The average Bonchev–Trinajstić information content (AvgIpc) is 2.51. The van der Waals surface area contributed by atoms with Crippen molar-refractivity contribution in [1.82, 2.24) is 0 Å². The number of anilines is 1. The number of nitrogens with one attached hydrogen (secondary N) is 1. The Balaban J connectivity index is 2.22. The molecule has 0 saturated carbocycles. The van der Waals surface area contributed by atoms with Crippen molar-refractivity contribution >= 4 is 46.8 Å². The van der Waals surface area contributed by atoms with E-state index in [-0.39, 0.29) is 11.1 Å². The fraction of sp³-hybridized carbons (Fsp3) is 0. The third-order valence-electron chi connectivity index (χ3n) is 2.95. The van der Waals surface area contributed by atoms with Crippen molar-refractivity contribution in [2.24, 2.45) is 0 Å². The summed E-state index contributed by atoms with van der Waals surface area (Å²) in [5.41, 5.74) is 0.855. The number of carboxylic acid groups (broad SMARTS) is 1. The van der Waals surface area contributed by atoms with E-state index in [0.717, 1.165) is 0 Å². The van der Waals surface area contributed by atoms with Crippen LogP contribution in [0.25, 0.3) is 6.08 Å². The zero-order valence-corrected chi connectivity index (χ0v) is 13.6. The Morgan fingerprint density at radius 3 is 2.17 bits per heavy atom. The zero-order chi connectivity index (χ0) is 17.7. The number of aromatic carboxylic acids is 1. The predicted molar refractivity (Wildman–Crippen MR) is 92.1 cm³/mol. The quantitative estimate of drug-likeness (QED) is 0.630. The summed E-state index contributed by atoms with van der Waals surface area (Å²) < 4.78 is 0. The molecular formula is C17H10Cl2N2O3. The molecule has 1 amide bonds. The molecule has 2 aromatic carbocycles. The van der Waals surface area contributed by atoms with Crippen LogP contribution in [0.2, 0.25) is 10.0 Å². The van der Waals surface area contributed by atoms with Crippen LogP contribution in [0.1, 0.15) is 15.9 Å². The molecule has 0 saturated heterocycles. The first kappa shape index (κ1) is 17.5. The number of carbonyl (C=O) groups excluding carboxylic acids is 1. The molecular weight excluding hydrogens is 351 g/mol. The monoisotopic (exact) mass is 360 g/mol. The largest absolute Gasteiger partial charge is 0.478 e. The third kappa shape index (κ3) is 4.59. The first-order chi connectivity index (χ1) is 11.4. The molecule has 24 heavy (non-hydrogen) atoms. The minimum atomic E-state index is -1.05. The van der Waals surface area contributed by atoms with Crippen LogP contribution in [0.5, 0.6) is 0 Å². The summed E-state index contributed by atoms with van der Waals surface area (Å²) in [6, 6.07) is 12.1. The molecule has 7 heteroatoms. The number of halogens is 2. The van der Waals surface area contributed by atoms with Gasteiger partial charge in [0, 0.05) is 15.7 Å². The van der Waals surface area contributed by atoms with E-state index < -0.39 is 11.9 Å². The number of hydrogen-bond acceptors (Lipinski definition) is 3. The van der Waals surface area contributed by atoms with Gasteiger partial charge in [0.15, 0.2) is 0 Å². The van der Waals surface area contributed by atoms with Crippen molar-refractivity contribution in [2.75, 3.05) is 5.32 Å². The van der Waals surface area contributed by atoms with Crippen LogP contribution in [-0.4, -0.2) is 17.0 Å². The van der Waals surface area contributed by atoms with Crippen LogP contribution < -0.4 is 5.32 Å². The lowest BCUT2D eigenvalue weighted by Gasteiger charge is -2.06. The topological polar surface area (TPSA) is 90.2 Å². The molecule has 0 aromatic heterocycles. The van der Waals surface area contributed by atoms with Gasteiger partial charge in [-0.1, -0.05) is 35.3 Å². The first-order valence-electron chi connectivity index (χ1n) is 6.61. The second-order valence-electron chi connectivity index (χ2n) is 4.71. The SMILES string of the molecule is N#C/C(=C\c1ccc(C(=O)O)cc1)C(=O)Nc1cc(Cl)cc(Cl)c1. The van der Waals surface area contributed by atoms with E-state index in [1.54, 1.807) is 6.07 Å². The maximum absolute atomic E-state index is 12.2. The van der Waals surface area contributed by atoms with E-state index in [9.17, 15) is 9.59 Å². The lowest BCUT2D eigenvalue weighted by molar-refractivity contribution is -0.112. The van der Waals surface area contributed by atoms with Crippen LogP contribution in [0.4, 0.5) is 5.69 Å². The predicted octanol–water partition coefficient (Wildman–Crippen LogP) is 4.24. The number of carboxylic acids is 1. The summed E-state index contributed by atoms with van der Waals surface area (Å²) in [5.74, 6) is -1.68. The molecule has 0 aliphatic carbocycles. The Bertz CT molecular complexity index is 848. The van der Waals surface area contributed by atoms with Crippen molar-refractivity contribution in [3.63, 3.8) is 0 Å². The fourth-order valence-corrected chi connectivity index (χ4v) is 2.39. The van der Waals surface area contributed by atoms with E-state index in [1.807, 2.05) is 0 Å². The highest BCUT2D eigenvalue weighted by molar-refractivity contribution is 6.35. The summed E-state index contributed by atoms with van der Waals surface area (Å²) in [5, 5.41) is 21.2. The zero-order valence-electron chi connectivity index (χ0n) is 12.1. The molecule has 2 aromatic rings. The van der Waals surface area contributed by atoms with E-state index in [0.29, 0.717) is 21.3 Å². The molecule has 0 aliphatic rings. The second-order valence-corrected chi connectivity index (χ2v) is 5.58. The molecule has 0 bridgehead atoms. The Kier molecular flexibility index (Phi) is 5.59. The molecule has 0 spiro atoms. The number of hydrogen-bond donors (Lipinski definition) is 2. The maximum Gasteiger partial charge on any atom is 0.335 e. The van der Waals surface area contributed by atoms with Gasteiger partial charge in [0.2, 0.25) is 0 Å². The van der Waals surface area contributed by atoms with Crippen molar-refractivity contribution in [3.05, 3.63) is 69.2 Å². The van der Waals surface area contributed by atoms with Gasteiger partial charge in [-0.2, -0.15) is 5.26 Å². The van der Waals surface area contributed by atoms with E-state index in [4.69, 9.17) is 33.6 Å². The minimum Gasteiger partial charge on any atom is -0.478 e. The first-order valence-corrected chi connectivity index (χ1v) is 7.37. The van der Waals surface area contributed by atoms with Crippen molar-refractivity contribution < 1.29 is 14.7 Å². The average molecular weight is 361 g/mol. The third-order valence-corrected chi connectivity index (χ3v) is 3.39.